The molecule has 0 spiro atoms. The Morgan fingerprint density at radius 2 is 1.78 bits per heavy atom. The van der Waals surface area contributed by atoms with Gasteiger partial charge in [-0.2, -0.15) is 5.26 Å². The predicted octanol–water partition coefficient (Wildman–Crippen LogP) is 3.97. The third-order valence-corrected chi connectivity index (χ3v) is 6.01. The van der Waals surface area contributed by atoms with E-state index in [2.05, 4.69) is 16.4 Å². The van der Waals surface area contributed by atoms with Crippen LogP contribution in [0.3, 0.4) is 0 Å². The van der Waals surface area contributed by atoms with E-state index >= 15 is 0 Å². The summed E-state index contributed by atoms with van der Waals surface area (Å²) in [5, 5.41) is 12.9. The van der Waals surface area contributed by atoms with Gasteiger partial charge in [-0.25, -0.2) is 4.98 Å². The highest BCUT2D eigenvalue weighted by Crippen LogP contribution is 2.21. The average Bonchev–Trinajstić information content (AvgIpc) is 2.82. The van der Waals surface area contributed by atoms with Crippen LogP contribution in [0.2, 0.25) is 0 Å². The van der Waals surface area contributed by atoms with E-state index in [1.54, 1.807) is 42.5 Å². The second-order valence-electron chi connectivity index (χ2n) is 7.20. The average molecular weight is 441 g/mol. The van der Waals surface area contributed by atoms with Crippen LogP contribution in [0, 0.1) is 18.3 Å². The maximum atomic E-state index is 13.2. The molecule has 158 valence electrons. The molecular weight excluding hydrogens is 420 g/mol. The molecule has 1 heterocycles. The number of nitrogens with one attached hydrogen (secondary N) is 1. The minimum absolute atomic E-state index is 0.118. The Balaban J connectivity index is 1.61. The van der Waals surface area contributed by atoms with E-state index in [1.165, 1.54) is 16.3 Å². The van der Waals surface area contributed by atoms with Crippen molar-refractivity contribution in [1.82, 2.24) is 14.9 Å². The van der Waals surface area contributed by atoms with Crippen molar-refractivity contribution < 1.29 is 4.79 Å². The first kappa shape index (κ1) is 21.3. The van der Waals surface area contributed by atoms with Gasteiger partial charge in [0.1, 0.15) is 0 Å². The predicted molar refractivity (Wildman–Crippen MR) is 126 cm³/mol. The topological polar surface area (TPSA) is 87.8 Å². The van der Waals surface area contributed by atoms with E-state index < -0.39 is 0 Å². The highest BCUT2D eigenvalue weighted by atomic mass is 32.2. The lowest BCUT2D eigenvalue weighted by Crippen LogP contribution is -2.26. The number of para-hydroxylation sites is 1. The van der Waals surface area contributed by atoms with Crippen molar-refractivity contribution in [2.24, 2.45) is 0 Å². The van der Waals surface area contributed by atoms with E-state index in [1.807, 2.05) is 37.3 Å². The van der Waals surface area contributed by atoms with Crippen LogP contribution in [0.5, 0.6) is 0 Å². The Hall–Kier alpha value is -3.89. The summed E-state index contributed by atoms with van der Waals surface area (Å²) in [7, 11) is 0. The molecule has 0 fully saturated rings. The number of nitrogens with zero attached hydrogens (tertiary/aromatic N) is 3. The number of rotatable bonds is 6. The van der Waals surface area contributed by atoms with Gasteiger partial charge in [0.25, 0.3) is 5.56 Å². The Morgan fingerprint density at radius 3 is 2.53 bits per heavy atom. The number of aryl methyl sites for hydroxylation is 1. The molecule has 0 saturated carbocycles. The standard InChI is InChI=1S/C25H20N4O2S/c1-17-6-2-3-7-19(17)15-27-23(30)16-32-25-28-22-9-5-4-8-21(22)24(31)29(25)20-12-10-18(14-26)11-13-20/h2-13H,15-16H2,1H3,(H,27,30). The molecule has 0 saturated heterocycles. The summed E-state index contributed by atoms with van der Waals surface area (Å²) < 4.78 is 1.49. The van der Waals surface area contributed by atoms with Crippen LogP contribution in [0.25, 0.3) is 16.6 Å². The maximum Gasteiger partial charge on any atom is 0.266 e. The Morgan fingerprint density at radius 1 is 1.06 bits per heavy atom. The second kappa shape index (κ2) is 9.50. The lowest BCUT2D eigenvalue weighted by atomic mass is 10.1. The van der Waals surface area contributed by atoms with E-state index in [0.717, 1.165) is 11.1 Å². The summed E-state index contributed by atoms with van der Waals surface area (Å²) in [6, 6.07) is 23.8. The molecule has 0 aliphatic heterocycles. The van der Waals surface area contributed by atoms with Crippen LogP contribution in [-0.4, -0.2) is 21.2 Å². The highest BCUT2D eigenvalue weighted by molar-refractivity contribution is 7.99. The molecule has 32 heavy (non-hydrogen) atoms. The molecule has 1 aromatic heterocycles. The number of fused-ring (bicyclic) bond motifs is 1. The van der Waals surface area contributed by atoms with Crippen molar-refractivity contribution in [3.05, 3.63) is 99.8 Å². The quantitative estimate of drug-likeness (QED) is 0.362. The number of aromatic nitrogens is 2. The first-order valence-electron chi connectivity index (χ1n) is 10.0. The third kappa shape index (κ3) is 4.56. The summed E-state index contributed by atoms with van der Waals surface area (Å²) in [4.78, 5) is 30.4. The SMILES string of the molecule is Cc1ccccc1CNC(=O)CSc1nc2ccccc2c(=O)n1-c1ccc(C#N)cc1. The van der Waals surface area contributed by atoms with E-state index in [-0.39, 0.29) is 17.2 Å². The molecule has 0 aliphatic carbocycles. The first-order valence-corrected chi connectivity index (χ1v) is 11.0. The van der Waals surface area contributed by atoms with E-state index in [9.17, 15) is 9.59 Å². The Kier molecular flexibility index (Phi) is 6.34. The normalized spacial score (nSPS) is 10.6. The molecule has 0 bridgehead atoms. The van der Waals surface area contributed by atoms with Crippen LogP contribution in [-0.2, 0) is 11.3 Å². The van der Waals surface area contributed by atoms with Crippen LogP contribution in [0.15, 0.2) is 82.7 Å². The van der Waals surface area contributed by atoms with Gasteiger partial charge < -0.3 is 5.32 Å². The number of nitriles is 1. The largest absolute Gasteiger partial charge is 0.351 e. The van der Waals surface area contributed by atoms with Crippen molar-refractivity contribution in [3.8, 4) is 11.8 Å². The van der Waals surface area contributed by atoms with Crippen LogP contribution in [0.4, 0.5) is 0 Å². The van der Waals surface area contributed by atoms with Gasteiger partial charge in [0.15, 0.2) is 5.16 Å². The summed E-state index contributed by atoms with van der Waals surface area (Å²) in [6.07, 6.45) is 0. The molecule has 1 amide bonds. The summed E-state index contributed by atoms with van der Waals surface area (Å²) in [6.45, 7) is 2.45. The number of hydrogen-bond donors (Lipinski definition) is 1. The number of thioether (sulfide) groups is 1. The molecule has 0 radical (unpaired) electrons. The summed E-state index contributed by atoms with van der Waals surface area (Å²) in [5.74, 6) is -0.0283. The molecule has 4 aromatic rings. The molecule has 0 unspecified atom stereocenters. The monoisotopic (exact) mass is 440 g/mol. The van der Waals surface area contributed by atoms with Gasteiger partial charge in [-0.05, 0) is 54.4 Å². The van der Waals surface area contributed by atoms with Gasteiger partial charge in [0.05, 0.1) is 34.0 Å². The molecule has 0 atom stereocenters. The number of hydrogen-bond acceptors (Lipinski definition) is 5. The van der Waals surface area contributed by atoms with Gasteiger partial charge in [0.2, 0.25) is 5.91 Å². The van der Waals surface area contributed by atoms with Gasteiger partial charge >= 0.3 is 0 Å². The minimum atomic E-state index is -0.219. The van der Waals surface area contributed by atoms with Crippen molar-refractivity contribution in [3.63, 3.8) is 0 Å². The maximum absolute atomic E-state index is 13.2. The fraction of sp³-hybridized carbons (Fsp3) is 0.120. The zero-order valence-electron chi connectivity index (χ0n) is 17.4. The van der Waals surface area contributed by atoms with Crippen LogP contribution in [0.1, 0.15) is 16.7 Å². The number of amides is 1. The van der Waals surface area contributed by atoms with E-state index in [4.69, 9.17) is 5.26 Å². The van der Waals surface area contributed by atoms with E-state index in [0.29, 0.717) is 33.9 Å². The van der Waals surface area contributed by atoms with Crippen molar-refractivity contribution in [1.29, 1.82) is 5.26 Å². The van der Waals surface area contributed by atoms with Gasteiger partial charge in [-0.15, -0.1) is 0 Å². The molecular formula is C25H20N4O2S. The summed E-state index contributed by atoms with van der Waals surface area (Å²) >= 11 is 1.20. The minimum Gasteiger partial charge on any atom is -0.351 e. The Labute approximate surface area is 189 Å². The molecule has 0 aliphatic rings. The zero-order valence-corrected chi connectivity index (χ0v) is 18.2. The smallest absolute Gasteiger partial charge is 0.266 e. The first-order chi connectivity index (χ1) is 15.6. The lowest BCUT2D eigenvalue weighted by Gasteiger charge is -2.13. The number of benzene rings is 3. The van der Waals surface area contributed by atoms with Crippen LogP contribution < -0.4 is 10.9 Å². The molecule has 4 rings (SSSR count). The lowest BCUT2D eigenvalue weighted by molar-refractivity contribution is -0.118. The van der Waals surface area contributed by atoms with Gasteiger partial charge in [-0.3, -0.25) is 14.2 Å². The second-order valence-corrected chi connectivity index (χ2v) is 8.15. The number of carbonyl (C=O) groups excluding carboxylic acids is 1. The Bertz CT molecular complexity index is 1390. The molecule has 7 heteroatoms. The molecule has 6 nitrogen and oxygen atoms in total. The van der Waals surface area contributed by atoms with Crippen molar-refractivity contribution >= 4 is 28.6 Å². The van der Waals surface area contributed by atoms with Crippen molar-refractivity contribution in [2.75, 3.05) is 5.75 Å². The highest BCUT2D eigenvalue weighted by Gasteiger charge is 2.15. The fourth-order valence-electron chi connectivity index (χ4n) is 3.31. The molecule has 3 aromatic carbocycles. The van der Waals surface area contributed by atoms with Gasteiger partial charge in [-0.1, -0.05) is 48.2 Å². The van der Waals surface area contributed by atoms with Gasteiger partial charge in [0, 0.05) is 6.54 Å². The number of carbonyl (C=O) groups is 1. The third-order valence-electron chi connectivity index (χ3n) is 5.07. The van der Waals surface area contributed by atoms with Crippen LogP contribution >= 0.6 is 11.8 Å². The molecule has 1 N–H and O–H groups in total. The van der Waals surface area contributed by atoms with Crippen molar-refractivity contribution in [2.45, 2.75) is 18.6 Å². The zero-order chi connectivity index (χ0) is 22.5. The summed E-state index contributed by atoms with van der Waals surface area (Å²) in [5.41, 5.74) is 3.62. The fourth-order valence-corrected chi connectivity index (χ4v) is 4.15.